The van der Waals surface area contributed by atoms with E-state index in [9.17, 15) is 4.79 Å². The SMILES string of the molecule is CC(=NO)c1csc(NC(=O)c2cccc(N(C)C)c2)n1. The molecule has 0 saturated carbocycles. The lowest BCUT2D eigenvalue weighted by molar-refractivity contribution is 0.102. The van der Waals surface area contributed by atoms with E-state index < -0.39 is 0 Å². The molecule has 0 aliphatic carbocycles. The molecule has 0 aliphatic rings. The number of oxime groups is 1. The number of carbonyl (C=O) groups is 1. The Balaban J connectivity index is 2.14. The predicted molar refractivity (Wildman–Crippen MR) is 84.8 cm³/mol. The maximum Gasteiger partial charge on any atom is 0.257 e. The number of nitrogens with one attached hydrogen (secondary N) is 1. The number of benzene rings is 1. The molecule has 0 atom stereocenters. The Bertz CT molecular complexity index is 679. The van der Waals surface area contributed by atoms with Gasteiger partial charge >= 0.3 is 0 Å². The summed E-state index contributed by atoms with van der Waals surface area (Å²) in [6, 6.07) is 7.32. The van der Waals surface area contributed by atoms with Crippen LogP contribution in [0.1, 0.15) is 23.0 Å². The molecule has 0 unspecified atom stereocenters. The topological polar surface area (TPSA) is 77.8 Å². The Morgan fingerprint density at radius 2 is 2.19 bits per heavy atom. The summed E-state index contributed by atoms with van der Waals surface area (Å²) < 4.78 is 0. The lowest BCUT2D eigenvalue weighted by Crippen LogP contribution is -2.14. The van der Waals surface area contributed by atoms with Gasteiger partial charge in [-0.25, -0.2) is 4.98 Å². The molecular formula is C14H16N4O2S. The highest BCUT2D eigenvalue weighted by atomic mass is 32.1. The quantitative estimate of drug-likeness (QED) is 0.517. The Morgan fingerprint density at radius 1 is 1.43 bits per heavy atom. The summed E-state index contributed by atoms with van der Waals surface area (Å²) in [6.45, 7) is 1.64. The fourth-order valence-corrected chi connectivity index (χ4v) is 2.39. The van der Waals surface area contributed by atoms with Crippen LogP contribution < -0.4 is 10.2 Å². The summed E-state index contributed by atoms with van der Waals surface area (Å²) in [7, 11) is 3.84. The molecule has 2 rings (SSSR count). The lowest BCUT2D eigenvalue weighted by Gasteiger charge is -2.13. The van der Waals surface area contributed by atoms with E-state index in [1.54, 1.807) is 18.4 Å². The van der Waals surface area contributed by atoms with Crippen LogP contribution in [0.15, 0.2) is 34.8 Å². The van der Waals surface area contributed by atoms with E-state index in [2.05, 4.69) is 15.5 Å². The molecule has 6 nitrogen and oxygen atoms in total. The third-order valence-corrected chi connectivity index (χ3v) is 3.63. The highest BCUT2D eigenvalue weighted by Crippen LogP contribution is 2.19. The lowest BCUT2D eigenvalue weighted by atomic mass is 10.2. The van der Waals surface area contributed by atoms with Gasteiger partial charge in [0.25, 0.3) is 5.91 Å². The number of carbonyl (C=O) groups excluding carboxylic acids is 1. The van der Waals surface area contributed by atoms with Gasteiger partial charge in [0.2, 0.25) is 0 Å². The van der Waals surface area contributed by atoms with Crippen molar-refractivity contribution in [2.24, 2.45) is 5.16 Å². The minimum absolute atomic E-state index is 0.224. The van der Waals surface area contributed by atoms with Gasteiger partial charge in [0.15, 0.2) is 5.13 Å². The number of hydrogen-bond acceptors (Lipinski definition) is 6. The van der Waals surface area contributed by atoms with Crippen LogP contribution in [0.2, 0.25) is 0 Å². The average Bonchev–Trinajstić information content (AvgIpc) is 2.95. The summed E-state index contributed by atoms with van der Waals surface area (Å²) in [5, 5.41) is 16.7. The fraction of sp³-hybridized carbons (Fsp3) is 0.214. The number of nitrogens with zero attached hydrogens (tertiary/aromatic N) is 3. The summed E-state index contributed by atoms with van der Waals surface area (Å²) >= 11 is 1.28. The van der Waals surface area contributed by atoms with Gasteiger partial charge in [0.1, 0.15) is 11.4 Å². The van der Waals surface area contributed by atoms with Crippen molar-refractivity contribution in [2.75, 3.05) is 24.3 Å². The third-order valence-electron chi connectivity index (χ3n) is 2.87. The molecule has 0 aliphatic heterocycles. The molecule has 0 radical (unpaired) electrons. The van der Waals surface area contributed by atoms with Gasteiger partial charge in [0.05, 0.1) is 0 Å². The molecule has 0 bridgehead atoms. The Kier molecular flexibility index (Phi) is 4.54. The van der Waals surface area contributed by atoms with Gasteiger partial charge in [-0.05, 0) is 25.1 Å². The number of rotatable bonds is 4. The molecule has 1 aromatic carbocycles. The highest BCUT2D eigenvalue weighted by Gasteiger charge is 2.11. The van der Waals surface area contributed by atoms with Crippen molar-refractivity contribution in [3.05, 3.63) is 40.9 Å². The van der Waals surface area contributed by atoms with Crippen LogP contribution in [0.25, 0.3) is 0 Å². The average molecular weight is 304 g/mol. The van der Waals surface area contributed by atoms with Gasteiger partial charge < -0.3 is 10.1 Å². The highest BCUT2D eigenvalue weighted by molar-refractivity contribution is 7.14. The zero-order chi connectivity index (χ0) is 15.4. The maximum absolute atomic E-state index is 12.2. The molecule has 1 amide bonds. The van der Waals surface area contributed by atoms with Crippen molar-refractivity contribution in [2.45, 2.75) is 6.92 Å². The number of aromatic nitrogens is 1. The second-order valence-electron chi connectivity index (χ2n) is 4.62. The molecule has 0 saturated heterocycles. The van der Waals surface area contributed by atoms with Crippen LogP contribution in [0.5, 0.6) is 0 Å². The molecule has 2 N–H and O–H groups in total. The molecule has 110 valence electrons. The van der Waals surface area contributed by atoms with E-state index in [1.165, 1.54) is 11.3 Å². The van der Waals surface area contributed by atoms with Crippen molar-refractivity contribution in [3.63, 3.8) is 0 Å². The Morgan fingerprint density at radius 3 is 2.86 bits per heavy atom. The summed E-state index contributed by atoms with van der Waals surface area (Å²) in [5.74, 6) is -0.224. The van der Waals surface area contributed by atoms with Gasteiger partial charge in [-0.1, -0.05) is 11.2 Å². The third kappa shape index (κ3) is 3.57. The van der Waals surface area contributed by atoms with Gasteiger partial charge in [-0.15, -0.1) is 11.3 Å². The molecule has 1 heterocycles. The standard InChI is InChI=1S/C14H16N4O2S/c1-9(17-20)12-8-21-14(15-12)16-13(19)10-5-4-6-11(7-10)18(2)3/h4-8,20H,1-3H3,(H,15,16,19). The molecule has 21 heavy (non-hydrogen) atoms. The van der Waals surface area contributed by atoms with E-state index >= 15 is 0 Å². The van der Waals surface area contributed by atoms with E-state index in [1.807, 2.05) is 37.2 Å². The first-order valence-electron chi connectivity index (χ1n) is 6.24. The largest absolute Gasteiger partial charge is 0.411 e. The van der Waals surface area contributed by atoms with Gasteiger partial charge in [0, 0.05) is 30.7 Å². The Hall–Kier alpha value is -2.41. The van der Waals surface area contributed by atoms with E-state index in [0.717, 1.165) is 5.69 Å². The first-order chi connectivity index (χ1) is 10.0. The number of thiazole rings is 1. The maximum atomic E-state index is 12.2. The van der Waals surface area contributed by atoms with Crippen LogP contribution in [0.3, 0.4) is 0 Å². The summed E-state index contributed by atoms with van der Waals surface area (Å²) in [6.07, 6.45) is 0. The molecule has 0 spiro atoms. The number of anilines is 2. The van der Waals surface area contributed by atoms with E-state index in [0.29, 0.717) is 22.1 Å². The molecular weight excluding hydrogens is 288 g/mol. The van der Waals surface area contributed by atoms with Crippen LogP contribution in [0, 0.1) is 0 Å². The predicted octanol–water partition coefficient (Wildman–Crippen LogP) is 2.66. The molecule has 2 aromatic rings. The van der Waals surface area contributed by atoms with Crippen molar-refractivity contribution in [1.82, 2.24) is 4.98 Å². The summed E-state index contributed by atoms with van der Waals surface area (Å²) in [5.41, 5.74) is 2.46. The zero-order valence-electron chi connectivity index (χ0n) is 12.0. The Labute approximate surface area is 126 Å². The minimum Gasteiger partial charge on any atom is -0.411 e. The smallest absolute Gasteiger partial charge is 0.257 e. The van der Waals surface area contributed by atoms with E-state index in [-0.39, 0.29) is 5.91 Å². The summed E-state index contributed by atoms with van der Waals surface area (Å²) in [4.78, 5) is 18.3. The van der Waals surface area contributed by atoms with Crippen LogP contribution >= 0.6 is 11.3 Å². The van der Waals surface area contributed by atoms with Crippen molar-refractivity contribution < 1.29 is 10.0 Å². The van der Waals surface area contributed by atoms with Crippen LogP contribution in [-0.4, -0.2) is 35.9 Å². The minimum atomic E-state index is -0.224. The monoisotopic (exact) mass is 304 g/mol. The second-order valence-corrected chi connectivity index (χ2v) is 5.48. The van der Waals surface area contributed by atoms with Crippen molar-refractivity contribution in [1.29, 1.82) is 0 Å². The van der Waals surface area contributed by atoms with Crippen LogP contribution in [-0.2, 0) is 0 Å². The molecule has 0 fully saturated rings. The number of hydrogen-bond donors (Lipinski definition) is 2. The van der Waals surface area contributed by atoms with E-state index in [4.69, 9.17) is 5.21 Å². The molecule has 1 aromatic heterocycles. The van der Waals surface area contributed by atoms with Crippen LogP contribution in [0.4, 0.5) is 10.8 Å². The van der Waals surface area contributed by atoms with Crippen molar-refractivity contribution in [3.8, 4) is 0 Å². The van der Waals surface area contributed by atoms with Gasteiger partial charge in [-0.2, -0.15) is 0 Å². The van der Waals surface area contributed by atoms with Crippen molar-refractivity contribution >= 4 is 33.8 Å². The second kappa shape index (κ2) is 6.36. The first-order valence-corrected chi connectivity index (χ1v) is 7.12. The normalized spacial score (nSPS) is 11.3. The number of amides is 1. The first kappa shape index (κ1) is 15.0. The van der Waals surface area contributed by atoms with Gasteiger partial charge in [-0.3, -0.25) is 10.1 Å². The fourth-order valence-electron chi connectivity index (χ4n) is 1.64. The zero-order valence-corrected chi connectivity index (χ0v) is 12.8. The molecule has 7 heteroatoms.